The Morgan fingerprint density at radius 2 is 2.04 bits per heavy atom. The molecular weight excluding hydrogens is 335 g/mol. The van der Waals surface area contributed by atoms with Crippen LogP contribution < -0.4 is 10.1 Å². The van der Waals surface area contributed by atoms with Gasteiger partial charge < -0.3 is 10.1 Å². The molecule has 6 nitrogen and oxygen atoms in total. The lowest BCUT2D eigenvalue weighted by Crippen LogP contribution is -2.34. The molecule has 1 aliphatic rings. The fourth-order valence-electron chi connectivity index (χ4n) is 2.92. The molecule has 0 spiro atoms. The van der Waals surface area contributed by atoms with Gasteiger partial charge in [0.2, 0.25) is 0 Å². The van der Waals surface area contributed by atoms with Crippen LogP contribution in [0.3, 0.4) is 0 Å². The van der Waals surface area contributed by atoms with Gasteiger partial charge in [-0.15, -0.1) is 5.10 Å². The predicted molar refractivity (Wildman–Crippen MR) is 92.4 cm³/mol. The summed E-state index contributed by atoms with van der Waals surface area (Å²) in [5.41, 5.74) is 2.26. The molecule has 1 amide bonds. The van der Waals surface area contributed by atoms with E-state index in [2.05, 4.69) is 15.6 Å². The van der Waals surface area contributed by atoms with Gasteiger partial charge in [-0.2, -0.15) is 0 Å². The standard InChI is InChI=1S/C19H17FN4O2/c20-15-7-5-13(6-8-15)11-24-12-17(22-23-24)19(25)21-10-16-9-14-3-1-2-4-18(14)26-16/h1-8,12,16H,9-11H2,(H,21,25). The normalized spacial score (nSPS) is 15.3. The molecule has 1 aromatic heterocycles. The summed E-state index contributed by atoms with van der Waals surface area (Å²) in [6.07, 6.45) is 2.27. The number of aromatic nitrogens is 3. The summed E-state index contributed by atoms with van der Waals surface area (Å²) in [5.74, 6) is 0.288. The summed E-state index contributed by atoms with van der Waals surface area (Å²) in [6.45, 7) is 0.819. The van der Waals surface area contributed by atoms with Crippen molar-refractivity contribution in [2.24, 2.45) is 0 Å². The quantitative estimate of drug-likeness (QED) is 0.764. The first-order valence-electron chi connectivity index (χ1n) is 8.35. The first-order valence-corrected chi connectivity index (χ1v) is 8.35. The van der Waals surface area contributed by atoms with Crippen molar-refractivity contribution >= 4 is 5.91 Å². The third-order valence-electron chi connectivity index (χ3n) is 4.23. The van der Waals surface area contributed by atoms with E-state index in [4.69, 9.17) is 4.74 Å². The molecule has 0 saturated carbocycles. The van der Waals surface area contributed by atoms with Crippen molar-refractivity contribution in [3.05, 3.63) is 77.4 Å². The number of nitrogens with zero attached hydrogens (tertiary/aromatic N) is 3. The van der Waals surface area contributed by atoms with Gasteiger partial charge in [-0.05, 0) is 29.3 Å². The van der Waals surface area contributed by atoms with Crippen LogP contribution in [0.5, 0.6) is 5.75 Å². The van der Waals surface area contributed by atoms with E-state index in [0.717, 1.165) is 23.3 Å². The number of carbonyl (C=O) groups is 1. The Balaban J connectivity index is 1.32. The molecule has 0 aliphatic carbocycles. The van der Waals surface area contributed by atoms with Gasteiger partial charge in [-0.1, -0.05) is 35.5 Å². The molecule has 0 saturated heterocycles. The fourth-order valence-corrected chi connectivity index (χ4v) is 2.92. The van der Waals surface area contributed by atoms with Gasteiger partial charge in [0.05, 0.1) is 19.3 Å². The van der Waals surface area contributed by atoms with Crippen LogP contribution in [0.1, 0.15) is 21.6 Å². The summed E-state index contributed by atoms with van der Waals surface area (Å²) in [6, 6.07) is 14.0. The van der Waals surface area contributed by atoms with Crippen LogP contribution in [0.25, 0.3) is 0 Å². The molecule has 3 aromatic rings. The molecule has 26 heavy (non-hydrogen) atoms. The Labute approximate surface area is 149 Å². The molecule has 1 unspecified atom stereocenters. The highest BCUT2D eigenvalue weighted by Gasteiger charge is 2.23. The van der Waals surface area contributed by atoms with Crippen molar-refractivity contribution in [1.82, 2.24) is 20.3 Å². The first kappa shape index (κ1) is 16.3. The van der Waals surface area contributed by atoms with Crippen LogP contribution in [0.15, 0.2) is 54.7 Å². The average Bonchev–Trinajstić information content (AvgIpc) is 3.28. The van der Waals surface area contributed by atoms with E-state index in [9.17, 15) is 9.18 Å². The Bertz CT molecular complexity index is 898. The van der Waals surface area contributed by atoms with E-state index in [1.165, 1.54) is 12.1 Å². The second kappa shape index (κ2) is 6.95. The van der Waals surface area contributed by atoms with Crippen LogP contribution in [-0.2, 0) is 13.0 Å². The zero-order valence-corrected chi connectivity index (χ0v) is 13.9. The molecule has 1 aliphatic heterocycles. The number of hydrogen-bond donors (Lipinski definition) is 1. The Morgan fingerprint density at radius 3 is 2.85 bits per heavy atom. The third-order valence-corrected chi connectivity index (χ3v) is 4.23. The van der Waals surface area contributed by atoms with Gasteiger partial charge in [-0.3, -0.25) is 4.79 Å². The molecule has 1 atom stereocenters. The molecule has 0 fully saturated rings. The minimum absolute atomic E-state index is 0.0781. The van der Waals surface area contributed by atoms with Gasteiger partial charge >= 0.3 is 0 Å². The number of halogens is 1. The van der Waals surface area contributed by atoms with E-state index in [1.54, 1.807) is 23.0 Å². The molecule has 7 heteroatoms. The SMILES string of the molecule is O=C(NCC1Cc2ccccc2O1)c1cn(Cc2ccc(F)cc2)nn1. The van der Waals surface area contributed by atoms with E-state index in [0.29, 0.717) is 13.1 Å². The lowest BCUT2D eigenvalue weighted by molar-refractivity contribution is 0.0928. The largest absolute Gasteiger partial charge is 0.488 e. The molecule has 1 N–H and O–H groups in total. The first-order chi connectivity index (χ1) is 12.7. The Hall–Kier alpha value is -3.22. The fraction of sp³-hybridized carbons (Fsp3) is 0.211. The number of para-hydroxylation sites is 1. The van der Waals surface area contributed by atoms with Crippen molar-refractivity contribution in [3.8, 4) is 5.75 Å². The number of rotatable bonds is 5. The molecule has 0 bridgehead atoms. The lowest BCUT2D eigenvalue weighted by Gasteiger charge is -2.10. The van der Waals surface area contributed by atoms with E-state index >= 15 is 0 Å². The Kier molecular flexibility index (Phi) is 4.35. The van der Waals surface area contributed by atoms with Crippen LogP contribution in [0.2, 0.25) is 0 Å². The molecule has 4 rings (SSSR count). The zero-order chi connectivity index (χ0) is 17.9. The maximum atomic E-state index is 12.9. The highest BCUT2D eigenvalue weighted by atomic mass is 19.1. The van der Waals surface area contributed by atoms with Crippen LogP contribution >= 0.6 is 0 Å². The number of ether oxygens (including phenoxy) is 1. The molecular formula is C19H17FN4O2. The summed E-state index contributed by atoms with van der Waals surface area (Å²) < 4.78 is 20.3. The van der Waals surface area contributed by atoms with Crippen molar-refractivity contribution in [1.29, 1.82) is 0 Å². The maximum absolute atomic E-state index is 12.9. The lowest BCUT2D eigenvalue weighted by atomic mass is 10.1. The van der Waals surface area contributed by atoms with Gasteiger partial charge in [0.1, 0.15) is 17.7 Å². The summed E-state index contributed by atoms with van der Waals surface area (Å²) >= 11 is 0. The third kappa shape index (κ3) is 3.56. The molecule has 132 valence electrons. The number of amides is 1. The summed E-state index contributed by atoms with van der Waals surface area (Å²) in [5, 5.41) is 10.7. The van der Waals surface area contributed by atoms with Gasteiger partial charge in [-0.25, -0.2) is 9.07 Å². The van der Waals surface area contributed by atoms with Gasteiger partial charge in [0, 0.05) is 6.42 Å². The predicted octanol–water partition coefficient (Wildman–Crippen LogP) is 2.20. The summed E-state index contributed by atoms with van der Waals surface area (Å²) in [7, 11) is 0. The van der Waals surface area contributed by atoms with Crippen molar-refractivity contribution in [2.75, 3.05) is 6.54 Å². The molecule has 2 aromatic carbocycles. The van der Waals surface area contributed by atoms with Gasteiger partial charge in [0.15, 0.2) is 5.69 Å². The van der Waals surface area contributed by atoms with Crippen molar-refractivity contribution < 1.29 is 13.9 Å². The number of benzene rings is 2. The maximum Gasteiger partial charge on any atom is 0.273 e. The Morgan fingerprint density at radius 1 is 1.23 bits per heavy atom. The van der Waals surface area contributed by atoms with Crippen LogP contribution in [0.4, 0.5) is 4.39 Å². The second-order valence-electron chi connectivity index (χ2n) is 6.19. The zero-order valence-electron chi connectivity index (χ0n) is 13.9. The smallest absolute Gasteiger partial charge is 0.273 e. The molecule has 2 heterocycles. The second-order valence-corrected chi connectivity index (χ2v) is 6.19. The van der Waals surface area contributed by atoms with Crippen molar-refractivity contribution in [3.63, 3.8) is 0 Å². The van der Waals surface area contributed by atoms with Crippen molar-refractivity contribution in [2.45, 2.75) is 19.1 Å². The van der Waals surface area contributed by atoms with E-state index in [-0.39, 0.29) is 23.5 Å². The number of nitrogens with one attached hydrogen (secondary N) is 1. The van der Waals surface area contributed by atoms with Crippen LogP contribution in [-0.4, -0.2) is 33.5 Å². The highest BCUT2D eigenvalue weighted by Crippen LogP contribution is 2.27. The highest BCUT2D eigenvalue weighted by molar-refractivity contribution is 5.91. The number of fused-ring (bicyclic) bond motifs is 1. The average molecular weight is 352 g/mol. The minimum Gasteiger partial charge on any atom is -0.488 e. The van der Waals surface area contributed by atoms with E-state index < -0.39 is 0 Å². The monoisotopic (exact) mass is 352 g/mol. The summed E-state index contributed by atoms with van der Waals surface area (Å²) in [4.78, 5) is 12.3. The molecule has 0 radical (unpaired) electrons. The minimum atomic E-state index is -0.296. The number of hydrogen-bond acceptors (Lipinski definition) is 4. The van der Waals surface area contributed by atoms with E-state index in [1.807, 2.05) is 24.3 Å². The van der Waals surface area contributed by atoms with Crippen LogP contribution in [0, 0.1) is 5.82 Å². The topological polar surface area (TPSA) is 69.0 Å². The number of carbonyl (C=O) groups excluding carboxylic acids is 1. The van der Waals surface area contributed by atoms with Gasteiger partial charge in [0.25, 0.3) is 5.91 Å².